The molecule has 65 heavy (non-hydrogen) atoms. The van der Waals surface area contributed by atoms with Crippen molar-refractivity contribution in [1.82, 2.24) is 0 Å². The summed E-state index contributed by atoms with van der Waals surface area (Å²) in [7, 11) is 1.62. The van der Waals surface area contributed by atoms with Crippen molar-refractivity contribution in [3.63, 3.8) is 0 Å². The van der Waals surface area contributed by atoms with Gasteiger partial charge in [-0.1, -0.05) is 182 Å². The average Bonchev–Trinajstić information content (AvgIpc) is 3.36. The van der Waals surface area contributed by atoms with Gasteiger partial charge in [0.05, 0.1) is 52.4 Å². The molecule has 0 radical (unpaired) electrons. The molecule has 0 N–H and O–H groups in total. The molecule has 0 amide bonds. The fourth-order valence-corrected chi connectivity index (χ4v) is 8.27. The van der Waals surface area contributed by atoms with Gasteiger partial charge < -0.3 is 47.4 Å². The Kier molecular flexibility index (Phi) is 17.5. The molecule has 8 rings (SSSR count). The zero-order chi connectivity index (χ0) is 44.5. The van der Waals surface area contributed by atoms with Crippen molar-refractivity contribution < 1.29 is 47.4 Å². The Morgan fingerprint density at radius 2 is 0.677 bits per heavy atom. The van der Waals surface area contributed by atoms with E-state index >= 15 is 0 Å². The van der Waals surface area contributed by atoms with Crippen molar-refractivity contribution in [1.29, 1.82) is 0 Å². The first kappa shape index (κ1) is 46.4. The van der Waals surface area contributed by atoms with E-state index in [1.807, 2.05) is 189 Å². The highest BCUT2D eigenvalue weighted by molar-refractivity contribution is 5.18. The second kappa shape index (κ2) is 24.4. The van der Waals surface area contributed by atoms with Gasteiger partial charge in [-0.3, -0.25) is 0 Å². The lowest BCUT2D eigenvalue weighted by molar-refractivity contribution is -0.372. The molecule has 0 aliphatic carbocycles. The van der Waals surface area contributed by atoms with Crippen LogP contribution >= 0.6 is 0 Å². The molecule has 2 heterocycles. The molecule has 0 bridgehead atoms. The van der Waals surface area contributed by atoms with Gasteiger partial charge in [0.1, 0.15) is 42.7 Å². The van der Waals surface area contributed by atoms with Crippen LogP contribution in [-0.4, -0.2) is 75.1 Å². The monoisotopic (exact) mass is 880 g/mol. The molecule has 0 aromatic heterocycles. The van der Waals surface area contributed by atoms with E-state index in [4.69, 9.17) is 47.4 Å². The lowest BCUT2D eigenvalue weighted by atomic mass is 9.96. The van der Waals surface area contributed by atoms with Gasteiger partial charge in [0.25, 0.3) is 0 Å². The molecule has 2 aliphatic heterocycles. The van der Waals surface area contributed by atoms with Gasteiger partial charge in [-0.2, -0.15) is 0 Å². The number of hydrogen-bond donors (Lipinski definition) is 0. The van der Waals surface area contributed by atoms with Crippen LogP contribution in [0, 0.1) is 0 Å². The topological polar surface area (TPSA) is 92.3 Å². The summed E-state index contributed by atoms with van der Waals surface area (Å²) >= 11 is 0. The summed E-state index contributed by atoms with van der Waals surface area (Å²) < 4.78 is 68.0. The summed E-state index contributed by atoms with van der Waals surface area (Å²) in [6, 6.07) is 60.4. The van der Waals surface area contributed by atoms with Crippen LogP contribution in [0.2, 0.25) is 0 Å². The second-order valence-corrected chi connectivity index (χ2v) is 16.4. The van der Waals surface area contributed by atoms with Crippen molar-refractivity contribution in [3.05, 3.63) is 215 Å². The SMILES string of the molecule is CO[C@@H]1O[C@H](COCc2ccccc2)[C@@H](O[C@H]2O[C@H](C)[C@H](OCc3ccccc3)[C@H](OCc3ccccc3)[C@H]2OCc2ccccc2)[C@H](OCc2ccccc2)[C@H]1OCc1ccccc1. The highest BCUT2D eigenvalue weighted by Crippen LogP contribution is 2.36. The van der Waals surface area contributed by atoms with E-state index in [1.165, 1.54) is 0 Å². The number of methoxy groups -OCH3 is 1. The van der Waals surface area contributed by atoms with Crippen LogP contribution in [-0.2, 0) is 87.0 Å². The summed E-state index contributed by atoms with van der Waals surface area (Å²) in [6.07, 6.45) is -7.18. The van der Waals surface area contributed by atoms with E-state index in [0.29, 0.717) is 19.8 Å². The van der Waals surface area contributed by atoms with E-state index in [2.05, 4.69) is 0 Å². The van der Waals surface area contributed by atoms with E-state index in [9.17, 15) is 0 Å². The van der Waals surface area contributed by atoms with Gasteiger partial charge in [-0.15, -0.1) is 0 Å². The average molecular weight is 881 g/mol. The minimum absolute atomic E-state index is 0.157. The largest absolute Gasteiger partial charge is 0.374 e. The molecule has 2 saturated heterocycles. The van der Waals surface area contributed by atoms with Crippen molar-refractivity contribution in [2.45, 2.75) is 108 Å². The van der Waals surface area contributed by atoms with Crippen molar-refractivity contribution in [2.75, 3.05) is 13.7 Å². The van der Waals surface area contributed by atoms with Crippen LogP contribution in [0.1, 0.15) is 40.3 Å². The van der Waals surface area contributed by atoms with Crippen molar-refractivity contribution in [2.24, 2.45) is 0 Å². The van der Waals surface area contributed by atoms with Gasteiger partial charge >= 0.3 is 0 Å². The van der Waals surface area contributed by atoms with Crippen LogP contribution in [0.25, 0.3) is 0 Å². The maximum atomic E-state index is 7.34. The lowest BCUT2D eigenvalue weighted by Crippen LogP contribution is -2.65. The highest BCUT2D eigenvalue weighted by atomic mass is 16.8. The van der Waals surface area contributed by atoms with Crippen LogP contribution in [0.3, 0.4) is 0 Å². The molecule has 10 atom stereocenters. The predicted octanol–water partition coefficient (Wildman–Crippen LogP) is 9.63. The number of rotatable bonds is 22. The predicted molar refractivity (Wildman–Crippen MR) is 246 cm³/mol. The summed E-state index contributed by atoms with van der Waals surface area (Å²) in [5, 5.41) is 0. The molecule has 10 nitrogen and oxygen atoms in total. The lowest BCUT2D eigenvalue weighted by Gasteiger charge is -2.49. The Labute approximate surface area is 383 Å². The third-order valence-corrected chi connectivity index (χ3v) is 11.7. The highest BCUT2D eigenvalue weighted by Gasteiger charge is 2.54. The standard InChI is InChI=1S/C55H60O10/c1-40-48(58-34-42-23-11-4-12-24-42)50(59-35-43-25-13-5-14-26-43)53(62-38-46-31-19-8-20-32-46)55(63-40)65-49-47(39-57-33-41-21-9-3-10-22-41)64-54(56-2)52(61-37-45-29-17-7-18-30-45)51(49)60-36-44-27-15-6-16-28-44/h3-32,40,47-55H,33-39H2,1-2H3/t40-,47-,48+,49-,50+,51+,52-,53-,54-,55-/m1/s1. The van der Waals surface area contributed by atoms with Gasteiger partial charge in [0, 0.05) is 7.11 Å². The molecular weight excluding hydrogens is 821 g/mol. The molecule has 2 aliphatic rings. The first-order valence-corrected chi connectivity index (χ1v) is 22.5. The Morgan fingerprint density at radius 3 is 1.06 bits per heavy atom. The minimum atomic E-state index is -0.979. The smallest absolute Gasteiger partial charge is 0.187 e. The van der Waals surface area contributed by atoms with Crippen LogP contribution in [0.5, 0.6) is 0 Å². The normalized spacial score (nSPS) is 25.6. The Bertz CT molecular complexity index is 2200. The quantitative estimate of drug-likeness (QED) is 0.0657. The molecule has 2 fully saturated rings. The molecule has 0 saturated carbocycles. The molecule has 340 valence electrons. The maximum Gasteiger partial charge on any atom is 0.187 e. The molecule has 10 heteroatoms. The maximum absolute atomic E-state index is 7.34. The van der Waals surface area contributed by atoms with E-state index < -0.39 is 61.4 Å². The zero-order valence-electron chi connectivity index (χ0n) is 37.1. The van der Waals surface area contributed by atoms with Gasteiger partial charge in [0.2, 0.25) is 0 Å². The van der Waals surface area contributed by atoms with Crippen LogP contribution < -0.4 is 0 Å². The molecular formula is C55H60O10. The molecule has 6 aromatic carbocycles. The summed E-state index contributed by atoms with van der Waals surface area (Å²) in [6.45, 7) is 4.02. The minimum Gasteiger partial charge on any atom is -0.374 e. The van der Waals surface area contributed by atoms with Crippen molar-refractivity contribution in [3.8, 4) is 0 Å². The number of hydrogen-bond acceptors (Lipinski definition) is 10. The summed E-state index contributed by atoms with van der Waals surface area (Å²) in [5.41, 5.74) is 6.06. The van der Waals surface area contributed by atoms with Gasteiger partial charge in [0.15, 0.2) is 12.6 Å². The van der Waals surface area contributed by atoms with Crippen LogP contribution in [0.15, 0.2) is 182 Å². The van der Waals surface area contributed by atoms with E-state index in [-0.39, 0.29) is 26.4 Å². The Balaban J connectivity index is 1.15. The number of ether oxygens (including phenoxy) is 10. The van der Waals surface area contributed by atoms with Gasteiger partial charge in [-0.25, -0.2) is 0 Å². The van der Waals surface area contributed by atoms with Gasteiger partial charge in [-0.05, 0) is 40.3 Å². The number of benzene rings is 6. The first-order chi connectivity index (χ1) is 32.1. The zero-order valence-corrected chi connectivity index (χ0v) is 37.1. The van der Waals surface area contributed by atoms with E-state index in [1.54, 1.807) is 7.11 Å². The Hall–Kier alpha value is -5.08. The molecule has 0 spiro atoms. The third kappa shape index (κ3) is 13.3. The summed E-state index contributed by atoms with van der Waals surface area (Å²) in [5.74, 6) is 0. The molecule has 0 unspecified atom stereocenters. The fraction of sp³-hybridized carbons (Fsp3) is 0.345. The van der Waals surface area contributed by atoms with E-state index in [0.717, 1.165) is 33.4 Å². The summed E-state index contributed by atoms with van der Waals surface area (Å²) in [4.78, 5) is 0. The fourth-order valence-electron chi connectivity index (χ4n) is 8.27. The second-order valence-electron chi connectivity index (χ2n) is 16.4. The van der Waals surface area contributed by atoms with Crippen LogP contribution in [0.4, 0.5) is 0 Å². The first-order valence-electron chi connectivity index (χ1n) is 22.5. The Morgan fingerprint density at radius 1 is 0.354 bits per heavy atom. The molecule has 6 aromatic rings. The van der Waals surface area contributed by atoms with Crippen molar-refractivity contribution >= 4 is 0 Å². The third-order valence-electron chi connectivity index (χ3n) is 11.7.